The lowest BCUT2D eigenvalue weighted by atomic mass is 10.1. The highest BCUT2D eigenvalue weighted by Gasteiger charge is 2.10. The summed E-state index contributed by atoms with van der Waals surface area (Å²) in [7, 11) is 1.96. The zero-order valence-corrected chi connectivity index (χ0v) is 11.6. The molecule has 2 aromatic rings. The van der Waals surface area contributed by atoms with Gasteiger partial charge in [0.2, 0.25) is 0 Å². The zero-order chi connectivity index (χ0) is 13.1. The summed E-state index contributed by atoms with van der Waals surface area (Å²) in [6.45, 7) is 4.70. The molecule has 0 unspecified atom stereocenters. The van der Waals surface area contributed by atoms with E-state index >= 15 is 0 Å². The molecule has 18 heavy (non-hydrogen) atoms. The summed E-state index contributed by atoms with van der Waals surface area (Å²) < 4.78 is 1.98. The second-order valence-corrected chi connectivity index (χ2v) is 4.75. The van der Waals surface area contributed by atoms with Gasteiger partial charge in [0.15, 0.2) is 0 Å². The molecule has 0 aliphatic heterocycles. The summed E-state index contributed by atoms with van der Waals surface area (Å²) in [4.78, 5) is 0. The third-order valence-electron chi connectivity index (χ3n) is 3.12. The first kappa shape index (κ1) is 13.1. The smallest absolute Gasteiger partial charge is 0.146 e. The number of hydrogen-bond donors (Lipinski definition) is 1. The molecular weight excluding hydrogens is 248 g/mol. The first-order chi connectivity index (χ1) is 8.59. The van der Waals surface area contributed by atoms with Crippen LogP contribution in [0, 0.1) is 6.92 Å². The van der Waals surface area contributed by atoms with Crippen molar-refractivity contribution in [2.45, 2.75) is 26.4 Å². The van der Waals surface area contributed by atoms with Crippen LogP contribution in [0.25, 0.3) is 0 Å². The van der Waals surface area contributed by atoms with E-state index in [0.717, 1.165) is 22.2 Å². The molecule has 1 atom stereocenters. The average molecular weight is 265 g/mol. The molecule has 0 saturated heterocycles. The van der Waals surface area contributed by atoms with Crippen molar-refractivity contribution < 1.29 is 0 Å². The number of nitrogens with one attached hydrogen (secondary N) is 1. The highest BCUT2D eigenvalue weighted by Crippen LogP contribution is 2.22. The molecule has 1 N–H and O–H groups in total. The summed E-state index contributed by atoms with van der Waals surface area (Å²) in [5, 5.41) is 12.3. The van der Waals surface area contributed by atoms with Crippen molar-refractivity contribution >= 4 is 11.6 Å². The van der Waals surface area contributed by atoms with E-state index in [4.69, 9.17) is 11.6 Å². The number of rotatable bonds is 4. The molecule has 1 aromatic heterocycles. The quantitative estimate of drug-likeness (QED) is 0.923. The number of benzene rings is 1. The van der Waals surface area contributed by atoms with Crippen molar-refractivity contribution in [3.63, 3.8) is 0 Å². The minimum Gasteiger partial charge on any atom is -0.317 e. The van der Waals surface area contributed by atoms with E-state index in [2.05, 4.69) is 22.4 Å². The summed E-state index contributed by atoms with van der Waals surface area (Å²) >= 11 is 6.16. The van der Waals surface area contributed by atoms with Gasteiger partial charge in [0, 0.05) is 18.1 Å². The molecule has 0 spiro atoms. The van der Waals surface area contributed by atoms with Crippen LogP contribution in [0.2, 0.25) is 5.02 Å². The van der Waals surface area contributed by atoms with Crippen LogP contribution in [-0.4, -0.2) is 14.8 Å². The van der Waals surface area contributed by atoms with Gasteiger partial charge in [0.05, 0.1) is 6.54 Å². The van der Waals surface area contributed by atoms with Crippen LogP contribution in [0.3, 0.4) is 0 Å². The molecule has 96 valence electrons. The van der Waals surface area contributed by atoms with E-state index in [1.165, 1.54) is 0 Å². The van der Waals surface area contributed by atoms with E-state index < -0.39 is 0 Å². The average Bonchev–Trinajstić information content (AvgIpc) is 2.68. The van der Waals surface area contributed by atoms with Crippen LogP contribution in [0.4, 0.5) is 0 Å². The lowest BCUT2D eigenvalue weighted by Crippen LogP contribution is -2.20. The summed E-state index contributed by atoms with van der Waals surface area (Å²) in [6, 6.07) is 8.04. The van der Waals surface area contributed by atoms with Gasteiger partial charge in [-0.1, -0.05) is 29.8 Å². The maximum atomic E-state index is 6.16. The van der Waals surface area contributed by atoms with E-state index in [1.807, 2.05) is 42.8 Å². The molecule has 0 bridgehead atoms. The maximum absolute atomic E-state index is 6.16. The van der Waals surface area contributed by atoms with Gasteiger partial charge in [-0.2, -0.15) is 0 Å². The third-order valence-corrected chi connectivity index (χ3v) is 3.47. The molecule has 0 fully saturated rings. The van der Waals surface area contributed by atoms with Crippen LogP contribution in [-0.2, 0) is 13.6 Å². The summed E-state index contributed by atoms with van der Waals surface area (Å²) in [6.07, 6.45) is 0. The van der Waals surface area contributed by atoms with Crippen molar-refractivity contribution in [1.82, 2.24) is 20.1 Å². The lowest BCUT2D eigenvalue weighted by Gasteiger charge is -2.15. The summed E-state index contributed by atoms with van der Waals surface area (Å²) in [5.41, 5.74) is 1.10. The fourth-order valence-corrected chi connectivity index (χ4v) is 2.08. The van der Waals surface area contributed by atoms with Crippen LogP contribution in [0.5, 0.6) is 0 Å². The minimum atomic E-state index is 0.177. The van der Waals surface area contributed by atoms with Gasteiger partial charge in [-0.05, 0) is 25.5 Å². The standard InChI is InChI=1S/C13H17ClN4/c1-9(11-6-4-5-7-12(11)14)15-8-13-17-16-10(2)18(13)3/h4-7,9,15H,8H2,1-3H3/t9-/m1/s1. The Hall–Kier alpha value is -1.39. The van der Waals surface area contributed by atoms with Crippen molar-refractivity contribution in [3.05, 3.63) is 46.5 Å². The third kappa shape index (κ3) is 2.71. The Balaban J connectivity index is 2.03. The van der Waals surface area contributed by atoms with Crippen LogP contribution in [0.1, 0.15) is 30.2 Å². The molecule has 0 radical (unpaired) electrons. The van der Waals surface area contributed by atoms with Gasteiger partial charge in [-0.3, -0.25) is 0 Å². The molecule has 5 heteroatoms. The first-order valence-corrected chi connectivity index (χ1v) is 6.30. The topological polar surface area (TPSA) is 42.7 Å². The molecule has 0 saturated carbocycles. The normalized spacial score (nSPS) is 12.7. The summed E-state index contributed by atoms with van der Waals surface area (Å²) in [5.74, 6) is 1.84. The Bertz CT molecular complexity index is 536. The van der Waals surface area contributed by atoms with Crippen molar-refractivity contribution in [3.8, 4) is 0 Å². The second kappa shape index (κ2) is 5.50. The number of hydrogen-bond acceptors (Lipinski definition) is 3. The van der Waals surface area contributed by atoms with Crippen LogP contribution >= 0.6 is 11.6 Å². The minimum absolute atomic E-state index is 0.177. The molecule has 1 heterocycles. The molecule has 4 nitrogen and oxygen atoms in total. The van der Waals surface area contributed by atoms with Crippen molar-refractivity contribution in [2.24, 2.45) is 7.05 Å². The number of aromatic nitrogens is 3. The Kier molecular flexibility index (Phi) is 3.99. The SMILES string of the molecule is Cc1nnc(CN[C@H](C)c2ccccc2Cl)n1C. The fraction of sp³-hybridized carbons (Fsp3) is 0.385. The van der Waals surface area contributed by atoms with Crippen LogP contribution < -0.4 is 5.32 Å². The predicted octanol–water partition coefficient (Wildman–Crippen LogP) is 2.63. The Morgan fingerprint density at radius 3 is 2.67 bits per heavy atom. The van der Waals surface area contributed by atoms with E-state index in [0.29, 0.717) is 6.54 Å². The first-order valence-electron chi connectivity index (χ1n) is 5.92. The van der Waals surface area contributed by atoms with Gasteiger partial charge in [0.1, 0.15) is 11.6 Å². The zero-order valence-electron chi connectivity index (χ0n) is 10.8. The van der Waals surface area contributed by atoms with Gasteiger partial charge < -0.3 is 9.88 Å². The Morgan fingerprint density at radius 1 is 1.33 bits per heavy atom. The lowest BCUT2D eigenvalue weighted by molar-refractivity contribution is 0.547. The molecule has 0 aliphatic carbocycles. The fourth-order valence-electron chi connectivity index (χ4n) is 1.79. The molecule has 1 aromatic carbocycles. The van der Waals surface area contributed by atoms with E-state index in [-0.39, 0.29) is 6.04 Å². The number of halogens is 1. The largest absolute Gasteiger partial charge is 0.317 e. The molecular formula is C13H17ClN4. The van der Waals surface area contributed by atoms with Gasteiger partial charge in [-0.25, -0.2) is 0 Å². The highest BCUT2D eigenvalue weighted by molar-refractivity contribution is 6.31. The van der Waals surface area contributed by atoms with E-state index in [1.54, 1.807) is 0 Å². The Morgan fingerprint density at radius 2 is 2.06 bits per heavy atom. The molecule has 0 amide bonds. The van der Waals surface area contributed by atoms with E-state index in [9.17, 15) is 0 Å². The predicted molar refractivity (Wildman–Crippen MR) is 72.4 cm³/mol. The molecule has 0 aliphatic rings. The van der Waals surface area contributed by atoms with Gasteiger partial charge >= 0.3 is 0 Å². The van der Waals surface area contributed by atoms with Gasteiger partial charge in [0.25, 0.3) is 0 Å². The van der Waals surface area contributed by atoms with Crippen molar-refractivity contribution in [2.75, 3.05) is 0 Å². The van der Waals surface area contributed by atoms with Crippen molar-refractivity contribution in [1.29, 1.82) is 0 Å². The molecule has 2 rings (SSSR count). The number of aryl methyl sites for hydroxylation is 1. The Labute approximate surface area is 112 Å². The monoisotopic (exact) mass is 264 g/mol. The maximum Gasteiger partial charge on any atom is 0.146 e. The number of nitrogens with zero attached hydrogens (tertiary/aromatic N) is 3. The van der Waals surface area contributed by atoms with Gasteiger partial charge in [-0.15, -0.1) is 10.2 Å². The second-order valence-electron chi connectivity index (χ2n) is 4.35. The highest BCUT2D eigenvalue weighted by atomic mass is 35.5. The van der Waals surface area contributed by atoms with Crippen LogP contribution in [0.15, 0.2) is 24.3 Å².